The standard InChI is InChI=1S/C26H23ClFN5O2/c1-13(5-15-6-22(28)18-8-21(27)25(29)32-23(18)7-15)17-9-24(20(11-35)19(17)10-34)33-4-3-16-14(2)30-12-31-26(16)33/h3-4,6-13,19-20,24H,5H2,1-2H3,(H2,29,32)/t13?,19-,20-,24+/m0/s1. The van der Waals surface area contributed by atoms with Crippen molar-refractivity contribution in [2.75, 3.05) is 5.73 Å². The summed E-state index contributed by atoms with van der Waals surface area (Å²) < 4.78 is 16.7. The highest BCUT2D eigenvalue weighted by molar-refractivity contribution is 6.33. The van der Waals surface area contributed by atoms with E-state index in [9.17, 15) is 14.0 Å². The van der Waals surface area contributed by atoms with Gasteiger partial charge in [-0.2, -0.15) is 0 Å². The second kappa shape index (κ2) is 8.85. The van der Waals surface area contributed by atoms with Gasteiger partial charge < -0.3 is 19.9 Å². The van der Waals surface area contributed by atoms with Gasteiger partial charge in [0.1, 0.15) is 36.2 Å². The molecule has 0 amide bonds. The van der Waals surface area contributed by atoms with Crippen LogP contribution in [0.25, 0.3) is 21.9 Å². The third-order valence-corrected chi connectivity index (χ3v) is 7.23. The Bertz CT molecular complexity index is 1510. The van der Waals surface area contributed by atoms with E-state index in [0.29, 0.717) is 28.5 Å². The van der Waals surface area contributed by atoms with Gasteiger partial charge in [-0.05, 0) is 49.1 Å². The van der Waals surface area contributed by atoms with E-state index in [1.165, 1.54) is 18.5 Å². The van der Waals surface area contributed by atoms with Gasteiger partial charge in [-0.25, -0.2) is 19.3 Å². The van der Waals surface area contributed by atoms with E-state index in [2.05, 4.69) is 15.0 Å². The number of hydrogen-bond donors (Lipinski definition) is 1. The van der Waals surface area contributed by atoms with Gasteiger partial charge in [0.15, 0.2) is 0 Å². The molecular weight excluding hydrogens is 469 g/mol. The molecule has 0 fully saturated rings. The fourth-order valence-electron chi connectivity index (χ4n) is 5.15. The summed E-state index contributed by atoms with van der Waals surface area (Å²) in [6.07, 6.45) is 7.47. The Morgan fingerprint density at radius 3 is 2.74 bits per heavy atom. The van der Waals surface area contributed by atoms with Crippen LogP contribution in [0.1, 0.15) is 24.2 Å². The molecule has 2 N–H and O–H groups in total. The van der Waals surface area contributed by atoms with Crippen LogP contribution >= 0.6 is 11.6 Å². The van der Waals surface area contributed by atoms with E-state index in [-0.39, 0.29) is 22.8 Å². The van der Waals surface area contributed by atoms with Gasteiger partial charge in [-0.15, -0.1) is 0 Å². The van der Waals surface area contributed by atoms with E-state index < -0.39 is 17.7 Å². The monoisotopic (exact) mass is 491 g/mol. The second-order valence-electron chi connectivity index (χ2n) is 9.06. The summed E-state index contributed by atoms with van der Waals surface area (Å²) >= 11 is 6.00. The number of nitrogens with zero attached hydrogens (tertiary/aromatic N) is 4. The Morgan fingerprint density at radius 1 is 1.20 bits per heavy atom. The molecule has 3 aromatic heterocycles. The number of nitrogen functional groups attached to an aromatic ring is 1. The molecule has 0 bridgehead atoms. The van der Waals surface area contributed by atoms with Crippen molar-refractivity contribution in [2.24, 2.45) is 17.8 Å². The van der Waals surface area contributed by atoms with Gasteiger partial charge in [0.25, 0.3) is 0 Å². The maximum atomic E-state index is 14.8. The van der Waals surface area contributed by atoms with Gasteiger partial charge in [-0.3, -0.25) is 0 Å². The van der Waals surface area contributed by atoms with Gasteiger partial charge in [0.05, 0.1) is 28.2 Å². The molecule has 0 aliphatic heterocycles. The zero-order chi connectivity index (χ0) is 24.9. The van der Waals surface area contributed by atoms with Gasteiger partial charge in [-0.1, -0.05) is 30.2 Å². The first-order valence-corrected chi connectivity index (χ1v) is 11.6. The van der Waals surface area contributed by atoms with Gasteiger partial charge >= 0.3 is 0 Å². The van der Waals surface area contributed by atoms with E-state index in [1.54, 1.807) is 6.07 Å². The molecule has 4 atom stereocenters. The van der Waals surface area contributed by atoms with Crippen molar-refractivity contribution in [1.29, 1.82) is 0 Å². The maximum absolute atomic E-state index is 14.8. The first kappa shape index (κ1) is 23.1. The Hall–Kier alpha value is -3.65. The number of rotatable bonds is 6. The van der Waals surface area contributed by atoms with Crippen LogP contribution in [0.2, 0.25) is 5.02 Å². The maximum Gasteiger partial charge on any atom is 0.144 e. The van der Waals surface area contributed by atoms with Crippen molar-refractivity contribution >= 4 is 51.9 Å². The summed E-state index contributed by atoms with van der Waals surface area (Å²) in [5.74, 6) is -1.57. The number of hydrogen-bond acceptors (Lipinski definition) is 6. The van der Waals surface area contributed by atoms with Crippen molar-refractivity contribution < 1.29 is 14.0 Å². The van der Waals surface area contributed by atoms with E-state index in [4.69, 9.17) is 17.3 Å². The zero-order valence-electron chi connectivity index (χ0n) is 19.2. The molecule has 0 saturated heterocycles. The quantitative estimate of drug-likeness (QED) is 0.311. The van der Waals surface area contributed by atoms with Gasteiger partial charge in [0, 0.05) is 22.9 Å². The fourth-order valence-corrected chi connectivity index (χ4v) is 5.30. The molecule has 1 aromatic carbocycles. The number of aryl methyl sites for hydroxylation is 1. The van der Waals surface area contributed by atoms with Crippen LogP contribution in [0.15, 0.2) is 48.4 Å². The third kappa shape index (κ3) is 3.87. The fraction of sp³-hybridized carbons (Fsp3) is 0.269. The minimum atomic E-state index is -0.578. The first-order valence-electron chi connectivity index (χ1n) is 11.3. The normalized spacial score (nSPS) is 20.8. The Kier molecular flexibility index (Phi) is 5.84. The van der Waals surface area contributed by atoms with E-state index in [1.807, 2.05) is 36.8 Å². The highest BCUT2D eigenvalue weighted by atomic mass is 35.5. The van der Waals surface area contributed by atoms with Crippen LogP contribution in [0.4, 0.5) is 10.2 Å². The molecule has 1 aliphatic rings. The number of fused-ring (bicyclic) bond motifs is 2. The smallest absolute Gasteiger partial charge is 0.144 e. The van der Waals surface area contributed by atoms with Crippen LogP contribution in [0.3, 0.4) is 0 Å². The number of aldehydes is 2. The predicted molar refractivity (Wildman–Crippen MR) is 132 cm³/mol. The second-order valence-corrected chi connectivity index (χ2v) is 9.46. The number of aromatic nitrogens is 4. The van der Waals surface area contributed by atoms with E-state index >= 15 is 0 Å². The Morgan fingerprint density at radius 2 is 2.00 bits per heavy atom. The van der Waals surface area contributed by atoms with Crippen LogP contribution in [0.5, 0.6) is 0 Å². The number of halogens is 2. The largest absolute Gasteiger partial charge is 0.382 e. The number of anilines is 1. The number of pyridine rings is 1. The van der Waals surface area contributed by atoms with Crippen molar-refractivity contribution in [3.8, 4) is 0 Å². The molecule has 1 unspecified atom stereocenters. The lowest BCUT2D eigenvalue weighted by molar-refractivity contribution is -0.118. The van der Waals surface area contributed by atoms with Crippen LogP contribution < -0.4 is 5.73 Å². The minimum absolute atomic E-state index is 0.127. The molecule has 1 aliphatic carbocycles. The van der Waals surface area contributed by atoms with Crippen molar-refractivity contribution in [3.05, 3.63) is 70.5 Å². The summed E-state index contributed by atoms with van der Waals surface area (Å²) in [7, 11) is 0. The van der Waals surface area contributed by atoms with Crippen LogP contribution in [0, 0.1) is 30.5 Å². The Balaban J connectivity index is 1.51. The van der Waals surface area contributed by atoms with Crippen molar-refractivity contribution in [3.63, 3.8) is 0 Å². The lowest BCUT2D eigenvalue weighted by Crippen LogP contribution is -2.24. The van der Waals surface area contributed by atoms with Crippen molar-refractivity contribution in [1.82, 2.24) is 19.5 Å². The SMILES string of the molecule is Cc1ncnc2c1ccn2[C@@H]1C=C(C(C)Cc2cc(F)c3cc(Cl)c(N)nc3c2)[C@H](C=O)[C@@H]1C=O. The molecule has 3 heterocycles. The third-order valence-electron chi connectivity index (χ3n) is 6.93. The summed E-state index contributed by atoms with van der Waals surface area (Å²) in [4.78, 5) is 37.1. The summed E-state index contributed by atoms with van der Waals surface area (Å²) in [5.41, 5.74) is 9.33. The van der Waals surface area contributed by atoms with Crippen molar-refractivity contribution in [2.45, 2.75) is 26.3 Å². The molecule has 4 aromatic rings. The minimum Gasteiger partial charge on any atom is -0.382 e. The lowest BCUT2D eigenvalue weighted by Gasteiger charge is -2.21. The van der Waals surface area contributed by atoms with Crippen LogP contribution in [-0.2, 0) is 16.0 Å². The number of allylic oxidation sites excluding steroid dienone is 2. The zero-order valence-corrected chi connectivity index (χ0v) is 19.9. The molecule has 0 saturated carbocycles. The number of carbonyl (C=O) groups excluding carboxylic acids is 2. The lowest BCUT2D eigenvalue weighted by atomic mass is 9.83. The average Bonchev–Trinajstić information content (AvgIpc) is 3.42. The molecular formula is C26H23ClFN5O2. The first-order chi connectivity index (χ1) is 16.8. The summed E-state index contributed by atoms with van der Waals surface area (Å²) in [5, 5.41) is 1.39. The van der Waals surface area contributed by atoms with Gasteiger partial charge in [0.2, 0.25) is 0 Å². The molecule has 9 heteroatoms. The molecule has 178 valence electrons. The topological polar surface area (TPSA) is 104 Å². The highest BCUT2D eigenvalue weighted by Crippen LogP contribution is 2.43. The highest BCUT2D eigenvalue weighted by Gasteiger charge is 2.40. The van der Waals surface area contributed by atoms with E-state index in [0.717, 1.165) is 29.2 Å². The molecule has 35 heavy (non-hydrogen) atoms. The number of carbonyl (C=O) groups is 2. The molecule has 5 rings (SSSR count). The number of benzene rings is 1. The molecule has 0 radical (unpaired) electrons. The molecule has 0 spiro atoms. The predicted octanol–water partition coefficient (Wildman–Crippen LogP) is 4.65. The van der Waals surface area contributed by atoms with Crippen LogP contribution in [-0.4, -0.2) is 32.1 Å². The molecule has 7 nitrogen and oxygen atoms in total. The summed E-state index contributed by atoms with van der Waals surface area (Å²) in [6, 6.07) is 6.26. The average molecular weight is 492 g/mol. The Labute approximate surface area is 205 Å². The number of nitrogens with two attached hydrogens (primary N) is 1. The summed E-state index contributed by atoms with van der Waals surface area (Å²) in [6.45, 7) is 3.87.